The molecular weight excluding hydrogens is 272 g/mol. The predicted octanol–water partition coefficient (Wildman–Crippen LogP) is 2.94. The van der Waals surface area contributed by atoms with Crippen LogP contribution in [0.3, 0.4) is 0 Å². The molecule has 1 aromatic carbocycles. The topological polar surface area (TPSA) is 62.2 Å². The number of thiazole rings is 1. The lowest BCUT2D eigenvalue weighted by Gasteiger charge is -2.02. The van der Waals surface area contributed by atoms with Crippen LogP contribution in [0.4, 0.5) is 5.13 Å². The fourth-order valence-electron chi connectivity index (χ4n) is 2.29. The summed E-state index contributed by atoms with van der Waals surface area (Å²) in [7, 11) is 0. The van der Waals surface area contributed by atoms with E-state index in [1.54, 1.807) is 12.3 Å². The molecule has 20 heavy (non-hydrogen) atoms. The molecular formula is C15H16N2O2S. The maximum atomic E-state index is 12.1. The number of carbonyl (C=O) groups excluding carboxylic acids is 1. The van der Waals surface area contributed by atoms with Gasteiger partial charge in [-0.25, -0.2) is 4.98 Å². The molecule has 0 saturated heterocycles. The van der Waals surface area contributed by atoms with E-state index in [-0.39, 0.29) is 11.8 Å². The number of rotatable bonds is 4. The van der Waals surface area contributed by atoms with Gasteiger partial charge >= 0.3 is 0 Å². The molecule has 3 atom stereocenters. The molecule has 3 unspecified atom stereocenters. The lowest BCUT2D eigenvalue weighted by atomic mass is 10.1. The summed E-state index contributed by atoms with van der Waals surface area (Å²) >= 11 is 1.35. The number of benzene rings is 1. The Hall–Kier alpha value is -1.72. The zero-order valence-electron chi connectivity index (χ0n) is 11.1. The molecule has 0 spiro atoms. The maximum Gasteiger partial charge on any atom is 0.229 e. The highest BCUT2D eigenvalue weighted by Crippen LogP contribution is 2.47. The van der Waals surface area contributed by atoms with E-state index in [9.17, 15) is 9.90 Å². The Morgan fingerprint density at radius 3 is 2.85 bits per heavy atom. The number of nitrogens with zero attached hydrogens (tertiary/aromatic N) is 1. The van der Waals surface area contributed by atoms with Crippen LogP contribution < -0.4 is 5.32 Å². The molecule has 1 amide bonds. The second kappa shape index (κ2) is 5.34. The highest BCUT2D eigenvalue weighted by atomic mass is 32.1. The van der Waals surface area contributed by atoms with Gasteiger partial charge in [0.05, 0.1) is 11.8 Å². The normalized spacial score (nSPS) is 22.3. The van der Waals surface area contributed by atoms with Gasteiger partial charge in [-0.2, -0.15) is 0 Å². The van der Waals surface area contributed by atoms with E-state index in [0.29, 0.717) is 16.7 Å². The van der Waals surface area contributed by atoms with Crippen molar-refractivity contribution in [1.29, 1.82) is 0 Å². The van der Waals surface area contributed by atoms with Crippen molar-refractivity contribution >= 4 is 22.4 Å². The third kappa shape index (κ3) is 2.73. The van der Waals surface area contributed by atoms with Crippen LogP contribution >= 0.6 is 11.3 Å². The number of aliphatic hydroxyl groups is 1. The molecule has 5 heteroatoms. The monoisotopic (exact) mass is 288 g/mol. The number of nitrogens with one attached hydrogen (secondary N) is 1. The molecule has 0 aliphatic heterocycles. The summed E-state index contributed by atoms with van der Waals surface area (Å²) in [5, 5.41) is 14.6. The van der Waals surface area contributed by atoms with Gasteiger partial charge in [0.2, 0.25) is 5.91 Å². The summed E-state index contributed by atoms with van der Waals surface area (Å²) < 4.78 is 0. The number of hydrogen-bond acceptors (Lipinski definition) is 4. The van der Waals surface area contributed by atoms with Crippen LogP contribution in [0.2, 0.25) is 0 Å². The Balaban J connectivity index is 1.61. The zero-order chi connectivity index (χ0) is 14.1. The van der Waals surface area contributed by atoms with Gasteiger partial charge in [0.15, 0.2) is 5.13 Å². The number of aromatic nitrogens is 1. The summed E-state index contributed by atoms with van der Waals surface area (Å²) in [6, 6.07) is 10.1. The minimum Gasteiger partial charge on any atom is -0.387 e. The molecule has 1 heterocycles. The Bertz CT molecular complexity index is 609. The predicted molar refractivity (Wildman–Crippen MR) is 78.7 cm³/mol. The van der Waals surface area contributed by atoms with E-state index in [1.807, 2.05) is 18.2 Å². The standard InChI is InChI=1S/C15H16N2O2S/c1-9(18)13-8-20-15(16-13)17-14(19)12-7-11(12)10-5-3-2-4-6-10/h2-6,8-9,11-12,18H,7H2,1H3,(H,16,17,19). The van der Waals surface area contributed by atoms with Crippen molar-refractivity contribution in [3.05, 3.63) is 47.0 Å². The molecule has 1 aromatic heterocycles. The lowest BCUT2D eigenvalue weighted by Crippen LogP contribution is -2.14. The first-order valence-corrected chi connectivity index (χ1v) is 7.52. The molecule has 1 aliphatic rings. The van der Waals surface area contributed by atoms with E-state index in [1.165, 1.54) is 16.9 Å². The average molecular weight is 288 g/mol. The Morgan fingerprint density at radius 2 is 2.20 bits per heavy atom. The zero-order valence-corrected chi connectivity index (χ0v) is 11.9. The van der Waals surface area contributed by atoms with Gasteiger partial charge < -0.3 is 10.4 Å². The molecule has 4 nitrogen and oxygen atoms in total. The SMILES string of the molecule is CC(O)c1csc(NC(=O)C2CC2c2ccccc2)n1. The van der Waals surface area contributed by atoms with Gasteiger partial charge in [-0.1, -0.05) is 30.3 Å². The third-order valence-electron chi connectivity index (χ3n) is 3.54. The van der Waals surface area contributed by atoms with Crippen LogP contribution in [-0.4, -0.2) is 16.0 Å². The van der Waals surface area contributed by atoms with Crippen LogP contribution in [0.15, 0.2) is 35.7 Å². The smallest absolute Gasteiger partial charge is 0.229 e. The first-order valence-electron chi connectivity index (χ1n) is 6.64. The van der Waals surface area contributed by atoms with Crippen molar-refractivity contribution in [2.45, 2.75) is 25.4 Å². The largest absolute Gasteiger partial charge is 0.387 e. The summed E-state index contributed by atoms with van der Waals surface area (Å²) in [4.78, 5) is 16.3. The van der Waals surface area contributed by atoms with Crippen molar-refractivity contribution in [3.8, 4) is 0 Å². The van der Waals surface area contributed by atoms with Crippen molar-refractivity contribution in [1.82, 2.24) is 4.98 Å². The molecule has 1 fully saturated rings. The molecule has 3 rings (SSSR count). The van der Waals surface area contributed by atoms with Gasteiger partial charge in [0, 0.05) is 11.3 Å². The van der Waals surface area contributed by atoms with Crippen LogP contribution in [0.5, 0.6) is 0 Å². The highest BCUT2D eigenvalue weighted by molar-refractivity contribution is 7.13. The molecule has 1 saturated carbocycles. The van der Waals surface area contributed by atoms with Crippen LogP contribution in [0.1, 0.15) is 36.6 Å². The van der Waals surface area contributed by atoms with E-state index in [2.05, 4.69) is 22.4 Å². The van der Waals surface area contributed by atoms with Crippen molar-refractivity contribution in [3.63, 3.8) is 0 Å². The van der Waals surface area contributed by atoms with Crippen molar-refractivity contribution in [2.24, 2.45) is 5.92 Å². The first kappa shape index (κ1) is 13.3. The summed E-state index contributed by atoms with van der Waals surface area (Å²) in [5.41, 5.74) is 1.82. The van der Waals surface area contributed by atoms with Crippen molar-refractivity contribution in [2.75, 3.05) is 5.32 Å². The molecule has 1 aliphatic carbocycles. The molecule has 0 radical (unpaired) electrons. The van der Waals surface area contributed by atoms with E-state index >= 15 is 0 Å². The summed E-state index contributed by atoms with van der Waals surface area (Å²) in [5.74, 6) is 0.383. The molecule has 104 valence electrons. The second-order valence-electron chi connectivity index (χ2n) is 5.10. The van der Waals surface area contributed by atoms with Gasteiger partial charge in [0.25, 0.3) is 0 Å². The molecule has 2 N–H and O–H groups in total. The van der Waals surface area contributed by atoms with E-state index in [0.717, 1.165) is 6.42 Å². The van der Waals surface area contributed by atoms with Crippen molar-refractivity contribution < 1.29 is 9.90 Å². The van der Waals surface area contributed by atoms with Gasteiger partial charge in [-0.05, 0) is 24.8 Å². The molecule has 0 bridgehead atoms. The Morgan fingerprint density at radius 1 is 1.45 bits per heavy atom. The number of amides is 1. The van der Waals surface area contributed by atoms with Crippen LogP contribution in [0.25, 0.3) is 0 Å². The quantitative estimate of drug-likeness (QED) is 0.909. The number of aliphatic hydroxyl groups excluding tert-OH is 1. The van der Waals surface area contributed by atoms with Crippen LogP contribution in [-0.2, 0) is 4.79 Å². The summed E-state index contributed by atoms with van der Waals surface area (Å²) in [6.07, 6.45) is 0.291. The fourth-order valence-corrected chi connectivity index (χ4v) is 3.09. The number of carbonyl (C=O) groups is 1. The minimum absolute atomic E-state index is 0.0188. The summed E-state index contributed by atoms with van der Waals surface area (Å²) in [6.45, 7) is 1.66. The minimum atomic E-state index is -0.602. The number of hydrogen-bond donors (Lipinski definition) is 2. The maximum absolute atomic E-state index is 12.1. The second-order valence-corrected chi connectivity index (χ2v) is 5.96. The lowest BCUT2D eigenvalue weighted by molar-refractivity contribution is -0.117. The van der Waals surface area contributed by atoms with E-state index < -0.39 is 6.10 Å². The molecule has 2 aromatic rings. The Kier molecular flexibility index (Phi) is 3.54. The van der Waals surface area contributed by atoms with Gasteiger partial charge in [-0.3, -0.25) is 4.79 Å². The fraction of sp³-hybridized carbons (Fsp3) is 0.333. The Labute approximate surface area is 121 Å². The third-order valence-corrected chi connectivity index (χ3v) is 4.31. The number of anilines is 1. The highest BCUT2D eigenvalue weighted by Gasteiger charge is 2.44. The van der Waals surface area contributed by atoms with E-state index in [4.69, 9.17) is 0 Å². The average Bonchev–Trinajstić information content (AvgIpc) is 3.12. The van der Waals surface area contributed by atoms with Gasteiger partial charge in [-0.15, -0.1) is 11.3 Å². The first-order chi connectivity index (χ1) is 9.65. The van der Waals surface area contributed by atoms with Gasteiger partial charge in [0.1, 0.15) is 0 Å². The van der Waals surface area contributed by atoms with Crippen LogP contribution in [0, 0.1) is 5.92 Å².